The Balaban J connectivity index is 1.96. The molecule has 0 aliphatic carbocycles. The van der Waals surface area contributed by atoms with Crippen molar-refractivity contribution < 1.29 is 4.74 Å². The second-order valence-electron chi connectivity index (χ2n) is 5.78. The Morgan fingerprint density at radius 3 is 2.14 bits per heavy atom. The van der Waals surface area contributed by atoms with E-state index in [1.807, 2.05) is 30.3 Å². The monoisotopic (exact) mass is 297 g/mol. The SMILES string of the molecule is CCN[C@H](CC)C[C@@H](C)c1ccc(Oc2ccccc2)cc1. The van der Waals surface area contributed by atoms with Crippen LogP contribution in [0.25, 0.3) is 0 Å². The summed E-state index contributed by atoms with van der Waals surface area (Å²) in [7, 11) is 0. The van der Waals surface area contributed by atoms with Crippen molar-refractivity contribution in [1.82, 2.24) is 5.32 Å². The molecule has 0 saturated heterocycles. The Labute approximate surface area is 134 Å². The van der Waals surface area contributed by atoms with Crippen LogP contribution < -0.4 is 10.1 Å². The number of hydrogen-bond acceptors (Lipinski definition) is 2. The van der Waals surface area contributed by atoms with E-state index in [9.17, 15) is 0 Å². The number of ether oxygens (including phenoxy) is 1. The van der Waals surface area contributed by atoms with Crippen molar-refractivity contribution in [2.45, 2.75) is 45.6 Å². The fraction of sp³-hybridized carbons (Fsp3) is 0.400. The number of rotatable bonds is 8. The van der Waals surface area contributed by atoms with Crippen LogP contribution in [0.4, 0.5) is 0 Å². The van der Waals surface area contributed by atoms with E-state index < -0.39 is 0 Å². The summed E-state index contributed by atoms with van der Waals surface area (Å²) < 4.78 is 5.84. The maximum absolute atomic E-state index is 5.84. The first-order valence-electron chi connectivity index (χ1n) is 8.29. The average Bonchev–Trinajstić information content (AvgIpc) is 2.56. The van der Waals surface area contributed by atoms with Gasteiger partial charge >= 0.3 is 0 Å². The van der Waals surface area contributed by atoms with Gasteiger partial charge in [0.25, 0.3) is 0 Å². The van der Waals surface area contributed by atoms with Gasteiger partial charge < -0.3 is 10.1 Å². The topological polar surface area (TPSA) is 21.3 Å². The molecule has 0 unspecified atom stereocenters. The van der Waals surface area contributed by atoms with Crippen molar-refractivity contribution in [2.75, 3.05) is 6.54 Å². The highest BCUT2D eigenvalue weighted by molar-refractivity contribution is 5.34. The van der Waals surface area contributed by atoms with Gasteiger partial charge in [-0.2, -0.15) is 0 Å². The van der Waals surface area contributed by atoms with Gasteiger partial charge in [0.05, 0.1) is 0 Å². The molecule has 0 bridgehead atoms. The lowest BCUT2D eigenvalue weighted by atomic mass is 9.93. The molecule has 1 N–H and O–H groups in total. The van der Waals surface area contributed by atoms with Gasteiger partial charge in [0.2, 0.25) is 0 Å². The molecule has 0 aliphatic rings. The van der Waals surface area contributed by atoms with Gasteiger partial charge in [-0.3, -0.25) is 0 Å². The molecule has 0 heterocycles. The van der Waals surface area contributed by atoms with Crippen molar-refractivity contribution in [3.63, 3.8) is 0 Å². The average molecular weight is 297 g/mol. The summed E-state index contributed by atoms with van der Waals surface area (Å²) in [5, 5.41) is 3.55. The summed E-state index contributed by atoms with van der Waals surface area (Å²) in [5.41, 5.74) is 1.37. The zero-order chi connectivity index (χ0) is 15.8. The van der Waals surface area contributed by atoms with Gasteiger partial charge in [-0.05, 0) is 55.1 Å². The molecule has 0 saturated carbocycles. The third-order valence-corrected chi connectivity index (χ3v) is 4.05. The number of para-hydroxylation sites is 1. The lowest BCUT2D eigenvalue weighted by molar-refractivity contribution is 0.448. The molecule has 2 nitrogen and oxygen atoms in total. The summed E-state index contributed by atoms with van der Waals surface area (Å²) >= 11 is 0. The normalized spacial score (nSPS) is 13.6. The van der Waals surface area contributed by atoms with Crippen LogP contribution in [0.3, 0.4) is 0 Å². The summed E-state index contributed by atoms with van der Waals surface area (Å²) in [6.45, 7) is 7.75. The summed E-state index contributed by atoms with van der Waals surface area (Å²) in [6, 6.07) is 19.0. The van der Waals surface area contributed by atoms with Gasteiger partial charge in [0.1, 0.15) is 11.5 Å². The van der Waals surface area contributed by atoms with Crippen LogP contribution in [0.1, 0.15) is 45.1 Å². The van der Waals surface area contributed by atoms with Crippen molar-refractivity contribution >= 4 is 0 Å². The third kappa shape index (κ3) is 4.88. The second kappa shape index (κ2) is 8.60. The molecule has 2 atom stereocenters. The van der Waals surface area contributed by atoms with Crippen LogP contribution in [0, 0.1) is 0 Å². The first-order valence-corrected chi connectivity index (χ1v) is 8.29. The Kier molecular flexibility index (Phi) is 6.47. The Morgan fingerprint density at radius 1 is 0.909 bits per heavy atom. The van der Waals surface area contributed by atoms with E-state index in [0.29, 0.717) is 12.0 Å². The largest absolute Gasteiger partial charge is 0.457 e. The van der Waals surface area contributed by atoms with Crippen molar-refractivity contribution in [3.8, 4) is 11.5 Å². The highest BCUT2D eigenvalue weighted by Crippen LogP contribution is 2.26. The third-order valence-electron chi connectivity index (χ3n) is 4.05. The zero-order valence-electron chi connectivity index (χ0n) is 13.9. The van der Waals surface area contributed by atoms with Crippen molar-refractivity contribution in [1.29, 1.82) is 0 Å². The van der Waals surface area contributed by atoms with Gasteiger partial charge in [-0.1, -0.05) is 51.1 Å². The van der Waals surface area contributed by atoms with E-state index in [4.69, 9.17) is 4.74 Å². The lowest BCUT2D eigenvalue weighted by Gasteiger charge is -2.21. The molecule has 22 heavy (non-hydrogen) atoms. The van der Waals surface area contributed by atoms with E-state index in [2.05, 4.69) is 50.4 Å². The highest BCUT2D eigenvalue weighted by atomic mass is 16.5. The van der Waals surface area contributed by atoms with Crippen LogP contribution in [0.5, 0.6) is 11.5 Å². The summed E-state index contributed by atoms with van der Waals surface area (Å²) in [6.07, 6.45) is 2.34. The summed E-state index contributed by atoms with van der Waals surface area (Å²) in [4.78, 5) is 0. The van der Waals surface area contributed by atoms with E-state index in [1.165, 1.54) is 18.4 Å². The predicted octanol–water partition coefficient (Wildman–Crippen LogP) is 5.36. The molecular weight excluding hydrogens is 270 g/mol. The molecular formula is C20H27NO. The minimum Gasteiger partial charge on any atom is -0.457 e. The van der Waals surface area contributed by atoms with Gasteiger partial charge in [-0.15, -0.1) is 0 Å². The maximum Gasteiger partial charge on any atom is 0.127 e. The molecule has 2 aromatic carbocycles. The van der Waals surface area contributed by atoms with Crippen LogP contribution in [-0.2, 0) is 0 Å². The van der Waals surface area contributed by atoms with E-state index in [-0.39, 0.29) is 0 Å². The van der Waals surface area contributed by atoms with Crippen LogP contribution >= 0.6 is 0 Å². The molecule has 0 spiro atoms. The molecule has 0 radical (unpaired) electrons. The fourth-order valence-corrected chi connectivity index (χ4v) is 2.73. The number of hydrogen-bond donors (Lipinski definition) is 1. The van der Waals surface area contributed by atoms with Crippen molar-refractivity contribution in [3.05, 3.63) is 60.2 Å². The van der Waals surface area contributed by atoms with Crippen molar-refractivity contribution in [2.24, 2.45) is 0 Å². The van der Waals surface area contributed by atoms with E-state index in [0.717, 1.165) is 18.0 Å². The Bertz CT molecular complexity index is 535. The Hall–Kier alpha value is -1.80. The van der Waals surface area contributed by atoms with Gasteiger partial charge in [0, 0.05) is 6.04 Å². The lowest BCUT2D eigenvalue weighted by Crippen LogP contribution is -2.29. The molecule has 2 aromatic rings. The van der Waals surface area contributed by atoms with E-state index >= 15 is 0 Å². The summed E-state index contributed by atoms with van der Waals surface area (Å²) in [5.74, 6) is 2.32. The minimum absolute atomic E-state index is 0.551. The first-order chi connectivity index (χ1) is 10.7. The predicted molar refractivity (Wildman–Crippen MR) is 93.7 cm³/mol. The molecule has 2 rings (SSSR count). The quantitative estimate of drug-likeness (QED) is 0.708. The molecule has 0 fully saturated rings. The number of benzene rings is 2. The van der Waals surface area contributed by atoms with Crippen LogP contribution in [0.2, 0.25) is 0 Å². The standard InChI is InChI=1S/C20H27NO/c1-4-18(21-5-2)15-16(3)17-11-13-20(14-12-17)22-19-9-7-6-8-10-19/h6-14,16,18,21H,4-5,15H2,1-3H3/t16-,18-/m1/s1. The molecule has 0 aromatic heterocycles. The molecule has 0 aliphatic heterocycles. The minimum atomic E-state index is 0.551. The van der Waals surface area contributed by atoms with Gasteiger partial charge in [0.15, 0.2) is 0 Å². The molecule has 0 amide bonds. The number of nitrogens with one attached hydrogen (secondary N) is 1. The van der Waals surface area contributed by atoms with Crippen LogP contribution in [-0.4, -0.2) is 12.6 Å². The second-order valence-corrected chi connectivity index (χ2v) is 5.78. The first kappa shape index (κ1) is 16.6. The molecule has 118 valence electrons. The van der Waals surface area contributed by atoms with Gasteiger partial charge in [-0.25, -0.2) is 0 Å². The Morgan fingerprint density at radius 2 is 1.55 bits per heavy atom. The van der Waals surface area contributed by atoms with E-state index in [1.54, 1.807) is 0 Å². The zero-order valence-corrected chi connectivity index (χ0v) is 13.9. The fourth-order valence-electron chi connectivity index (χ4n) is 2.73. The highest BCUT2D eigenvalue weighted by Gasteiger charge is 2.12. The molecule has 2 heteroatoms. The maximum atomic E-state index is 5.84. The smallest absolute Gasteiger partial charge is 0.127 e. The van der Waals surface area contributed by atoms with Crippen LogP contribution in [0.15, 0.2) is 54.6 Å².